The number of anilines is 1. The summed E-state index contributed by atoms with van der Waals surface area (Å²) in [6.45, 7) is 3.03. The van der Waals surface area contributed by atoms with Crippen LogP contribution < -0.4 is 10.2 Å². The summed E-state index contributed by atoms with van der Waals surface area (Å²) < 4.78 is 1.14. The molecule has 0 aliphatic carbocycles. The van der Waals surface area contributed by atoms with Gasteiger partial charge in [-0.15, -0.1) is 0 Å². The van der Waals surface area contributed by atoms with Crippen LogP contribution in [-0.4, -0.2) is 52.8 Å². The number of halogens is 1. The predicted molar refractivity (Wildman–Crippen MR) is 110 cm³/mol. The first kappa shape index (κ1) is 21.6. The highest BCUT2D eigenvalue weighted by Gasteiger charge is 2.23. The number of carboxylic acids is 2. The zero-order chi connectivity index (χ0) is 20.4. The van der Waals surface area contributed by atoms with Crippen molar-refractivity contribution in [3.63, 3.8) is 0 Å². The van der Waals surface area contributed by atoms with Gasteiger partial charge in [0.15, 0.2) is 0 Å². The first-order valence-corrected chi connectivity index (χ1v) is 9.52. The van der Waals surface area contributed by atoms with E-state index in [0.717, 1.165) is 36.3 Å². The molecule has 28 heavy (non-hydrogen) atoms. The summed E-state index contributed by atoms with van der Waals surface area (Å²) in [5.41, 5.74) is 1.36. The standard InChI is InChI=1S/C16H18BrN3.C4H4O4/c17-14-5-3-4-13(10-14)11-15-12-18-8-9-20(15)16-6-1-2-7-19-16;5-3(6)1-2-4(7)8/h1-7,10,15,18H,8-9,11-12H2;1-2H,(H,5,6)(H,7,8)/b;2-1+. The molecule has 7 nitrogen and oxygen atoms in total. The van der Waals surface area contributed by atoms with Crippen LogP contribution in [0.25, 0.3) is 0 Å². The molecule has 1 fully saturated rings. The Morgan fingerprint density at radius 1 is 1.18 bits per heavy atom. The number of benzene rings is 1. The number of nitrogens with one attached hydrogen (secondary N) is 1. The van der Waals surface area contributed by atoms with E-state index in [4.69, 9.17) is 10.2 Å². The van der Waals surface area contributed by atoms with Gasteiger partial charge in [-0.2, -0.15) is 0 Å². The van der Waals surface area contributed by atoms with Gasteiger partial charge in [0.25, 0.3) is 0 Å². The quantitative estimate of drug-likeness (QED) is 0.605. The lowest BCUT2D eigenvalue weighted by atomic mass is 10.0. The molecule has 0 bridgehead atoms. The van der Waals surface area contributed by atoms with Crippen LogP contribution in [0, 0.1) is 0 Å². The first-order chi connectivity index (χ1) is 13.5. The van der Waals surface area contributed by atoms with Crippen LogP contribution >= 0.6 is 15.9 Å². The van der Waals surface area contributed by atoms with E-state index in [1.54, 1.807) is 0 Å². The van der Waals surface area contributed by atoms with Gasteiger partial charge in [-0.05, 0) is 36.2 Å². The zero-order valence-electron chi connectivity index (χ0n) is 15.2. The summed E-state index contributed by atoms with van der Waals surface area (Å²) in [5, 5.41) is 19.1. The van der Waals surface area contributed by atoms with Crippen LogP contribution in [-0.2, 0) is 16.0 Å². The fourth-order valence-electron chi connectivity index (χ4n) is 2.85. The second kappa shape index (κ2) is 11.2. The molecular weight excluding hydrogens is 426 g/mol. The summed E-state index contributed by atoms with van der Waals surface area (Å²) in [7, 11) is 0. The molecule has 0 spiro atoms. The maximum Gasteiger partial charge on any atom is 0.328 e. The molecule has 1 atom stereocenters. The third-order valence-electron chi connectivity index (χ3n) is 4.02. The zero-order valence-corrected chi connectivity index (χ0v) is 16.7. The number of rotatable bonds is 5. The van der Waals surface area contributed by atoms with Crippen LogP contribution in [0.2, 0.25) is 0 Å². The Kier molecular flexibility index (Phi) is 8.64. The molecule has 3 N–H and O–H groups in total. The third-order valence-corrected chi connectivity index (χ3v) is 4.52. The van der Waals surface area contributed by atoms with Gasteiger partial charge in [-0.25, -0.2) is 14.6 Å². The Morgan fingerprint density at radius 2 is 1.93 bits per heavy atom. The summed E-state index contributed by atoms with van der Waals surface area (Å²) in [4.78, 5) is 26.0. The maximum atomic E-state index is 9.55. The number of carboxylic acid groups (broad SMARTS) is 2. The number of carbonyl (C=O) groups is 2. The van der Waals surface area contributed by atoms with E-state index < -0.39 is 11.9 Å². The number of piperazine rings is 1. The smallest absolute Gasteiger partial charge is 0.328 e. The van der Waals surface area contributed by atoms with E-state index in [-0.39, 0.29) is 0 Å². The van der Waals surface area contributed by atoms with E-state index in [2.05, 4.69) is 67.5 Å². The Bertz CT molecular complexity index is 798. The molecule has 1 saturated heterocycles. The summed E-state index contributed by atoms with van der Waals surface area (Å²) in [6, 6.07) is 15.1. The average Bonchev–Trinajstić information content (AvgIpc) is 2.68. The van der Waals surface area contributed by atoms with Crippen molar-refractivity contribution < 1.29 is 19.8 Å². The van der Waals surface area contributed by atoms with Gasteiger partial charge >= 0.3 is 11.9 Å². The van der Waals surface area contributed by atoms with Gasteiger partial charge in [0.2, 0.25) is 0 Å². The van der Waals surface area contributed by atoms with E-state index in [9.17, 15) is 9.59 Å². The fourth-order valence-corrected chi connectivity index (χ4v) is 3.29. The fraction of sp³-hybridized carbons (Fsp3) is 0.250. The second-order valence-corrected chi connectivity index (χ2v) is 7.00. The highest BCUT2D eigenvalue weighted by atomic mass is 79.9. The van der Waals surface area contributed by atoms with Crippen LogP contribution in [0.1, 0.15) is 5.56 Å². The number of aliphatic carboxylic acids is 2. The molecular formula is C20H22BrN3O4. The van der Waals surface area contributed by atoms with E-state index >= 15 is 0 Å². The average molecular weight is 448 g/mol. The van der Waals surface area contributed by atoms with Crippen molar-refractivity contribution in [3.8, 4) is 0 Å². The molecule has 2 aromatic rings. The van der Waals surface area contributed by atoms with Crippen LogP contribution in [0.4, 0.5) is 5.82 Å². The Balaban J connectivity index is 0.000000300. The topological polar surface area (TPSA) is 103 Å². The second-order valence-electron chi connectivity index (χ2n) is 6.08. The largest absolute Gasteiger partial charge is 0.478 e. The third kappa shape index (κ3) is 7.50. The number of hydrogen-bond acceptors (Lipinski definition) is 5. The van der Waals surface area contributed by atoms with Gasteiger partial charge in [0.1, 0.15) is 5.82 Å². The number of hydrogen-bond donors (Lipinski definition) is 3. The van der Waals surface area contributed by atoms with E-state index in [1.807, 2.05) is 12.3 Å². The van der Waals surface area contributed by atoms with Crippen LogP contribution in [0.5, 0.6) is 0 Å². The Labute approximate surface area is 171 Å². The molecule has 1 aromatic carbocycles. The number of pyridine rings is 1. The van der Waals surface area contributed by atoms with Gasteiger partial charge in [0, 0.05) is 48.5 Å². The molecule has 148 valence electrons. The highest BCUT2D eigenvalue weighted by molar-refractivity contribution is 9.10. The van der Waals surface area contributed by atoms with Crippen molar-refractivity contribution in [2.75, 3.05) is 24.5 Å². The first-order valence-electron chi connectivity index (χ1n) is 8.72. The SMILES string of the molecule is Brc1cccc(CC2CNCCN2c2ccccn2)c1.O=C(O)/C=C/C(=O)O. The van der Waals surface area contributed by atoms with Crippen molar-refractivity contribution in [1.82, 2.24) is 10.3 Å². The molecule has 0 radical (unpaired) electrons. The van der Waals surface area contributed by atoms with Crippen molar-refractivity contribution in [2.24, 2.45) is 0 Å². The van der Waals surface area contributed by atoms with Crippen molar-refractivity contribution >= 4 is 33.7 Å². The van der Waals surface area contributed by atoms with Gasteiger partial charge in [0.05, 0.1) is 0 Å². The minimum atomic E-state index is -1.26. The van der Waals surface area contributed by atoms with Crippen molar-refractivity contribution in [2.45, 2.75) is 12.5 Å². The molecule has 0 saturated carbocycles. The molecule has 3 rings (SSSR count). The summed E-state index contributed by atoms with van der Waals surface area (Å²) >= 11 is 3.55. The normalized spacial score (nSPS) is 16.3. The van der Waals surface area contributed by atoms with E-state index in [1.165, 1.54) is 5.56 Å². The molecule has 0 amide bonds. The van der Waals surface area contributed by atoms with Crippen molar-refractivity contribution in [3.05, 3.63) is 70.8 Å². The lowest BCUT2D eigenvalue weighted by Gasteiger charge is -2.37. The lowest BCUT2D eigenvalue weighted by molar-refractivity contribution is -0.134. The molecule has 2 heterocycles. The molecule has 1 aromatic heterocycles. The van der Waals surface area contributed by atoms with E-state index in [0.29, 0.717) is 18.2 Å². The Morgan fingerprint density at radius 3 is 2.54 bits per heavy atom. The summed E-state index contributed by atoms with van der Waals surface area (Å²) in [6.07, 6.45) is 4.02. The van der Waals surface area contributed by atoms with Crippen LogP contribution in [0.3, 0.4) is 0 Å². The monoisotopic (exact) mass is 447 g/mol. The number of aromatic nitrogens is 1. The Hall–Kier alpha value is -2.71. The lowest BCUT2D eigenvalue weighted by Crippen LogP contribution is -2.52. The molecule has 1 unspecified atom stereocenters. The van der Waals surface area contributed by atoms with Crippen molar-refractivity contribution in [1.29, 1.82) is 0 Å². The summed E-state index contributed by atoms with van der Waals surface area (Å²) in [5.74, 6) is -1.44. The highest BCUT2D eigenvalue weighted by Crippen LogP contribution is 2.19. The molecule has 8 heteroatoms. The van der Waals surface area contributed by atoms with Gasteiger partial charge < -0.3 is 20.4 Å². The minimum absolute atomic E-state index is 0.452. The maximum absolute atomic E-state index is 9.55. The van der Waals surface area contributed by atoms with Gasteiger partial charge in [-0.3, -0.25) is 0 Å². The molecule has 1 aliphatic heterocycles. The number of nitrogens with zero attached hydrogens (tertiary/aromatic N) is 2. The molecule has 1 aliphatic rings. The van der Waals surface area contributed by atoms with Crippen LogP contribution in [0.15, 0.2) is 65.3 Å². The predicted octanol–water partition coefficient (Wildman–Crippen LogP) is 2.58. The minimum Gasteiger partial charge on any atom is -0.478 e. The van der Waals surface area contributed by atoms with Gasteiger partial charge in [-0.1, -0.05) is 34.1 Å².